The molecule has 1 saturated carbocycles. The summed E-state index contributed by atoms with van der Waals surface area (Å²) in [5.41, 5.74) is 1.03. The number of ether oxygens (including phenoxy) is 1. The molecule has 6 heteroatoms. The molecule has 0 unspecified atom stereocenters. The van der Waals surface area contributed by atoms with Crippen molar-refractivity contribution in [1.82, 2.24) is 15.1 Å². The van der Waals surface area contributed by atoms with Crippen molar-refractivity contribution in [2.24, 2.45) is 0 Å². The molecule has 1 aromatic carbocycles. The van der Waals surface area contributed by atoms with Crippen LogP contribution in [0.25, 0.3) is 11.3 Å². The SMILES string of the molecule is COc1cc(=O)n(CC(=O)NC2CCCCC2)nc1-c1ccccc1. The summed E-state index contributed by atoms with van der Waals surface area (Å²) in [7, 11) is 1.50. The average molecular weight is 341 g/mol. The minimum Gasteiger partial charge on any atom is -0.494 e. The minimum absolute atomic E-state index is 0.0842. The Labute approximate surface area is 146 Å². The zero-order valence-corrected chi connectivity index (χ0v) is 14.4. The van der Waals surface area contributed by atoms with Crippen LogP contribution >= 0.6 is 0 Å². The van der Waals surface area contributed by atoms with Gasteiger partial charge in [0.25, 0.3) is 5.56 Å². The largest absolute Gasteiger partial charge is 0.494 e. The van der Waals surface area contributed by atoms with Gasteiger partial charge in [-0.25, -0.2) is 4.68 Å². The molecule has 0 atom stereocenters. The fourth-order valence-electron chi connectivity index (χ4n) is 3.20. The molecule has 3 rings (SSSR count). The van der Waals surface area contributed by atoms with Crippen molar-refractivity contribution in [1.29, 1.82) is 0 Å². The van der Waals surface area contributed by atoms with Gasteiger partial charge in [0.1, 0.15) is 12.2 Å². The van der Waals surface area contributed by atoms with Crippen LogP contribution in [0.15, 0.2) is 41.2 Å². The van der Waals surface area contributed by atoms with E-state index in [1.54, 1.807) is 0 Å². The Kier molecular flexibility index (Phi) is 5.48. The summed E-state index contributed by atoms with van der Waals surface area (Å²) >= 11 is 0. The van der Waals surface area contributed by atoms with Crippen molar-refractivity contribution in [3.05, 3.63) is 46.8 Å². The molecule has 0 radical (unpaired) electrons. The number of carbonyl (C=O) groups is 1. The molecule has 6 nitrogen and oxygen atoms in total. The molecule has 0 saturated heterocycles. The van der Waals surface area contributed by atoms with Crippen molar-refractivity contribution in [3.8, 4) is 17.0 Å². The van der Waals surface area contributed by atoms with Crippen LogP contribution in [0.1, 0.15) is 32.1 Å². The van der Waals surface area contributed by atoms with Crippen LogP contribution in [0.5, 0.6) is 5.75 Å². The number of rotatable bonds is 5. The standard InChI is InChI=1S/C19H23N3O3/c1-25-16-12-18(24)22(21-19(16)14-8-4-2-5-9-14)13-17(23)20-15-10-6-3-7-11-15/h2,4-5,8-9,12,15H,3,6-7,10-11,13H2,1H3,(H,20,23). The molecule has 1 amide bonds. The topological polar surface area (TPSA) is 73.2 Å². The zero-order valence-electron chi connectivity index (χ0n) is 14.4. The Morgan fingerprint density at radius 1 is 1.24 bits per heavy atom. The molecule has 2 aromatic rings. The van der Waals surface area contributed by atoms with E-state index in [4.69, 9.17) is 4.74 Å². The van der Waals surface area contributed by atoms with Crippen LogP contribution in [0.3, 0.4) is 0 Å². The van der Waals surface area contributed by atoms with E-state index >= 15 is 0 Å². The highest BCUT2D eigenvalue weighted by Gasteiger charge is 2.18. The highest BCUT2D eigenvalue weighted by molar-refractivity contribution is 5.76. The first-order valence-corrected chi connectivity index (χ1v) is 8.68. The molecule has 1 aromatic heterocycles. The quantitative estimate of drug-likeness (QED) is 0.906. The summed E-state index contributed by atoms with van der Waals surface area (Å²) in [5.74, 6) is 0.228. The average Bonchev–Trinajstić information content (AvgIpc) is 2.64. The van der Waals surface area contributed by atoms with E-state index in [1.807, 2.05) is 30.3 Å². The molecule has 0 bridgehead atoms. The smallest absolute Gasteiger partial charge is 0.270 e. The Hall–Kier alpha value is -2.63. The van der Waals surface area contributed by atoms with Crippen LogP contribution in [-0.4, -0.2) is 28.8 Å². The second kappa shape index (κ2) is 7.96. The predicted molar refractivity (Wildman–Crippen MR) is 95.5 cm³/mol. The molecular formula is C19H23N3O3. The molecule has 1 aliphatic carbocycles. The van der Waals surface area contributed by atoms with Crippen LogP contribution in [-0.2, 0) is 11.3 Å². The lowest BCUT2D eigenvalue weighted by Crippen LogP contribution is -2.40. The fourth-order valence-corrected chi connectivity index (χ4v) is 3.20. The maximum atomic E-state index is 12.3. The fraction of sp³-hybridized carbons (Fsp3) is 0.421. The first kappa shape index (κ1) is 17.2. The van der Waals surface area contributed by atoms with E-state index in [0.29, 0.717) is 11.4 Å². The van der Waals surface area contributed by atoms with Gasteiger partial charge in [0.15, 0.2) is 5.75 Å². The Morgan fingerprint density at radius 3 is 2.64 bits per heavy atom. The zero-order chi connectivity index (χ0) is 17.6. The molecule has 1 N–H and O–H groups in total. The first-order valence-electron chi connectivity index (χ1n) is 8.68. The summed E-state index contributed by atoms with van der Waals surface area (Å²) in [6, 6.07) is 11.1. The minimum atomic E-state index is -0.352. The van der Waals surface area contributed by atoms with E-state index in [-0.39, 0.29) is 24.1 Å². The molecule has 0 spiro atoms. The van der Waals surface area contributed by atoms with Gasteiger partial charge in [-0.2, -0.15) is 5.10 Å². The highest BCUT2D eigenvalue weighted by Crippen LogP contribution is 2.25. The number of benzene rings is 1. The van der Waals surface area contributed by atoms with Gasteiger partial charge in [-0.05, 0) is 12.8 Å². The molecule has 1 heterocycles. The second-order valence-corrected chi connectivity index (χ2v) is 6.33. The maximum Gasteiger partial charge on any atom is 0.270 e. The van der Waals surface area contributed by atoms with Gasteiger partial charge < -0.3 is 10.1 Å². The number of hydrogen-bond acceptors (Lipinski definition) is 4. The lowest BCUT2D eigenvalue weighted by Gasteiger charge is -2.22. The summed E-state index contributed by atoms with van der Waals surface area (Å²) in [6.45, 7) is -0.0842. The van der Waals surface area contributed by atoms with Crippen LogP contribution in [0.2, 0.25) is 0 Å². The van der Waals surface area contributed by atoms with Gasteiger partial charge in [-0.1, -0.05) is 49.6 Å². The van der Waals surface area contributed by atoms with Gasteiger partial charge in [0.2, 0.25) is 5.91 Å². The highest BCUT2D eigenvalue weighted by atomic mass is 16.5. The van der Waals surface area contributed by atoms with Crippen molar-refractivity contribution in [2.45, 2.75) is 44.7 Å². The molecule has 25 heavy (non-hydrogen) atoms. The van der Waals surface area contributed by atoms with Crippen LogP contribution < -0.4 is 15.6 Å². The maximum absolute atomic E-state index is 12.3. The van der Waals surface area contributed by atoms with Crippen molar-refractivity contribution in [3.63, 3.8) is 0 Å². The third-order valence-corrected chi connectivity index (χ3v) is 4.49. The lowest BCUT2D eigenvalue weighted by molar-refractivity contribution is -0.122. The van der Waals surface area contributed by atoms with E-state index in [0.717, 1.165) is 31.2 Å². The number of nitrogens with zero attached hydrogens (tertiary/aromatic N) is 2. The first-order chi connectivity index (χ1) is 12.2. The molecule has 1 aliphatic rings. The van der Waals surface area contributed by atoms with Gasteiger partial charge >= 0.3 is 0 Å². The predicted octanol–water partition coefficient (Wildman–Crippen LogP) is 2.37. The Balaban J connectivity index is 1.81. The van der Waals surface area contributed by atoms with E-state index in [9.17, 15) is 9.59 Å². The number of aromatic nitrogens is 2. The van der Waals surface area contributed by atoms with E-state index < -0.39 is 0 Å². The normalized spacial score (nSPS) is 14.9. The van der Waals surface area contributed by atoms with Crippen LogP contribution in [0, 0.1) is 0 Å². The molecule has 132 valence electrons. The monoisotopic (exact) mass is 341 g/mol. The second-order valence-electron chi connectivity index (χ2n) is 6.33. The molecular weight excluding hydrogens is 318 g/mol. The third kappa shape index (κ3) is 4.26. The third-order valence-electron chi connectivity index (χ3n) is 4.49. The number of amides is 1. The summed E-state index contributed by atoms with van der Waals surface area (Å²) < 4.78 is 6.48. The summed E-state index contributed by atoms with van der Waals surface area (Å²) in [4.78, 5) is 24.5. The lowest BCUT2D eigenvalue weighted by atomic mass is 9.95. The molecule has 1 fully saturated rings. The van der Waals surface area contributed by atoms with Gasteiger partial charge in [-0.15, -0.1) is 0 Å². The van der Waals surface area contributed by atoms with E-state index in [1.165, 1.54) is 24.3 Å². The van der Waals surface area contributed by atoms with Crippen molar-refractivity contribution >= 4 is 5.91 Å². The number of carbonyl (C=O) groups excluding carboxylic acids is 1. The number of nitrogens with one attached hydrogen (secondary N) is 1. The van der Waals surface area contributed by atoms with Gasteiger partial charge in [-0.3, -0.25) is 9.59 Å². The van der Waals surface area contributed by atoms with Crippen molar-refractivity contribution in [2.75, 3.05) is 7.11 Å². The number of hydrogen-bond donors (Lipinski definition) is 1. The Morgan fingerprint density at radius 2 is 1.96 bits per heavy atom. The number of methoxy groups -OCH3 is 1. The van der Waals surface area contributed by atoms with E-state index in [2.05, 4.69) is 10.4 Å². The summed E-state index contributed by atoms with van der Waals surface area (Å²) in [5, 5.41) is 7.38. The van der Waals surface area contributed by atoms with Crippen LogP contribution in [0.4, 0.5) is 0 Å². The molecule has 0 aliphatic heterocycles. The van der Waals surface area contributed by atoms with Gasteiger partial charge in [0.05, 0.1) is 7.11 Å². The van der Waals surface area contributed by atoms with Gasteiger partial charge in [0, 0.05) is 17.7 Å². The summed E-state index contributed by atoms with van der Waals surface area (Å²) in [6.07, 6.45) is 5.53. The Bertz CT molecular complexity index is 780. The van der Waals surface area contributed by atoms with Crippen molar-refractivity contribution < 1.29 is 9.53 Å².